The maximum atomic E-state index is 6.32. The first-order valence-corrected chi connectivity index (χ1v) is 8.82. The van der Waals surface area contributed by atoms with Crippen LogP contribution in [0.25, 0.3) is 0 Å². The van der Waals surface area contributed by atoms with Crippen LogP contribution < -0.4 is 5.73 Å². The number of hydrogen-bond acceptors (Lipinski definition) is 2. The quantitative estimate of drug-likeness (QED) is 0.913. The van der Waals surface area contributed by atoms with Gasteiger partial charge in [0, 0.05) is 30.7 Å². The van der Waals surface area contributed by atoms with E-state index < -0.39 is 0 Å². The molecule has 2 aliphatic rings. The lowest BCUT2D eigenvalue weighted by Crippen LogP contribution is -2.47. The van der Waals surface area contributed by atoms with Gasteiger partial charge in [-0.1, -0.05) is 43.0 Å². The van der Waals surface area contributed by atoms with Crippen molar-refractivity contribution < 1.29 is 0 Å². The van der Waals surface area contributed by atoms with E-state index in [1.54, 1.807) is 0 Å². The van der Waals surface area contributed by atoms with Gasteiger partial charge in [0.1, 0.15) is 0 Å². The molecule has 1 aromatic rings. The van der Waals surface area contributed by atoms with E-state index >= 15 is 0 Å². The van der Waals surface area contributed by atoms with Gasteiger partial charge in [0.05, 0.1) is 0 Å². The van der Waals surface area contributed by atoms with Gasteiger partial charge in [-0.2, -0.15) is 0 Å². The van der Waals surface area contributed by atoms with Gasteiger partial charge in [-0.3, -0.25) is 0 Å². The number of halogens is 1. The molecule has 3 heteroatoms. The molecule has 116 valence electrons. The van der Waals surface area contributed by atoms with Crippen molar-refractivity contribution >= 4 is 11.6 Å². The third-order valence-electron chi connectivity index (χ3n) is 5.14. The minimum atomic E-state index is 0.308. The number of nitrogens with zero attached hydrogens (tertiary/aromatic N) is 1. The van der Waals surface area contributed by atoms with Crippen LogP contribution in [0, 0.1) is 5.92 Å². The Morgan fingerprint density at radius 1 is 1.05 bits per heavy atom. The fraction of sp³-hybridized carbons (Fsp3) is 0.667. The summed E-state index contributed by atoms with van der Waals surface area (Å²) in [4.78, 5) is 2.61. The van der Waals surface area contributed by atoms with E-state index in [0.717, 1.165) is 30.5 Å². The molecule has 0 aromatic heterocycles. The summed E-state index contributed by atoms with van der Waals surface area (Å²) in [6.45, 7) is 3.48. The lowest BCUT2D eigenvalue weighted by atomic mass is 9.85. The Bertz CT molecular complexity index is 439. The summed E-state index contributed by atoms with van der Waals surface area (Å²) in [5.74, 6) is 1.46. The zero-order valence-electron chi connectivity index (χ0n) is 12.8. The number of benzene rings is 1. The summed E-state index contributed by atoms with van der Waals surface area (Å²) in [5.41, 5.74) is 7.71. The average Bonchev–Trinajstić information content (AvgIpc) is 2.48. The van der Waals surface area contributed by atoms with Gasteiger partial charge in [0.2, 0.25) is 0 Å². The molecule has 2 fully saturated rings. The smallest absolute Gasteiger partial charge is 0.0406 e. The van der Waals surface area contributed by atoms with Crippen molar-refractivity contribution in [2.24, 2.45) is 11.7 Å². The molecule has 0 amide bonds. The Labute approximate surface area is 133 Å². The van der Waals surface area contributed by atoms with Gasteiger partial charge in [-0.15, -0.1) is 0 Å². The highest BCUT2D eigenvalue weighted by atomic mass is 35.5. The molecular formula is C18H27ClN2. The molecule has 0 bridgehead atoms. The molecule has 1 aromatic carbocycles. The van der Waals surface area contributed by atoms with E-state index in [2.05, 4.69) is 17.0 Å². The molecule has 3 rings (SSSR count). The van der Waals surface area contributed by atoms with Crippen molar-refractivity contribution in [3.8, 4) is 0 Å². The fourth-order valence-electron chi connectivity index (χ4n) is 4.09. The molecule has 1 heterocycles. The third-order valence-corrected chi connectivity index (χ3v) is 5.39. The van der Waals surface area contributed by atoms with Crippen molar-refractivity contribution in [3.05, 3.63) is 34.9 Å². The molecule has 1 aliphatic heterocycles. The molecule has 0 radical (unpaired) electrons. The third kappa shape index (κ3) is 4.21. The number of piperidine rings is 1. The maximum absolute atomic E-state index is 6.32. The van der Waals surface area contributed by atoms with Crippen LogP contribution in [0.3, 0.4) is 0 Å². The minimum absolute atomic E-state index is 0.308. The summed E-state index contributed by atoms with van der Waals surface area (Å²) >= 11 is 6.00. The second kappa shape index (κ2) is 7.13. The Hall–Kier alpha value is -0.570. The van der Waals surface area contributed by atoms with Gasteiger partial charge in [-0.25, -0.2) is 0 Å². The Balaban J connectivity index is 1.62. The number of hydrogen-bond donors (Lipinski definition) is 1. The number of likely N-dealkylation sites (tertiary alicyclic amines) is 1. The second-order valence-electron chi connectivity index (χ2n) is 6.97. The lowest BCUT2D eigenvalue weighted by Gasteiger charge is -2.39. The highest BCUT2D eigenvalue weighted by Gasteiger charge is 2.28. The highest BCUT2D eigenvalue weighted by molar-refractivity contribution is 6.30. The maximum Gasteiger partial charge on any atom is 0.0406 e. The fourth-order valence-corrected chi connectivity index (χ4v) is 4.22. The van der Waals surface area contributed by atoms with Crippen LogP contribution in [0.2, 0.25) is 5.02 Å². The molecule has 0 spiro atoms. The zero-order valence-corrected chi connectivity index (χ0v) is 13.6. The molecule has 21 heavy (non-hydrogen) atoms. The summed E-state index contributed by atoms with van der Waals surface area (Å²) in [7, 11) is 0. The minimum Gasteiger partial charge on any atom is -0.327 e. The van der Waals surface area contributed by atoms with Gasteiger partial charge in [-0.05, 0) is 48.8 Å². The zero-order chi connectivity index (χ0) is 14.7. The van der Waals surface area contributed by atoms with E-state index in [-0.39, 0.29) is 0 Å². The van der Waals surface area contributed by atoms with Crippen LogP contribution in [0.5, 0.6) is 0 Å². The normalized spacial score (nSPS) is 28.7. The van der Waals surface area contributed by atoms with Crippen LogP contribution in [0.4, 0.5) is 0 Å². The van der Waals surface area contributed by atoms with E-state index in [1.165, 1.54) is 44.2 Å². The van der Waals surface area contributed by atoms with Crippen LogP contribution in [-0.2, 0) is 0 Å². The predicted molar refractivity (Wildman–Crippen MR) is 89.8 cm³/mol. The van der Waals surface area contributed by atoms with Gasteiger partial charge >= 0.3 is 0 Å². The summed E-state index contributed by atoms with van der Waals surface area (Å²) in [6, 6.07) is 8.65. The van der Waals surface area contributed by atoms with E-state index in [1.807, 2.05) is 12.1 Å². The van der Waals surface area contributed by atoms with Crippen molar-refractivity contribution in [1.29, 1.82) is 0 Å². The van der Waals surface area contributed by atoms with E-state index in [4.69, 9.17) is 17.3 Å². The number of nitrogens with two attached hydrogens (primary N) is 1. The lowest BCUT2D eigenvalue weighted by molar-refractivity contribution is 0.147. The van der Waals surface area contributed by atoms with Crippen LogP contribution in [-0.4, -0.2) is 30.6 Å². The first kappa shape index (κ1) is 15.3. The standard InChI is InChI=1S/C18H27ClN2/c19-17-8-6-15(7-9-17)16-10-18(20)13-21(12-16)11-14-4-2-1-3-5-14/h6-9,14,16,18H,1-5,10-13,20H2. The molecule has 2 unspecified atom stereocenters. The topological polar surface area (TPSA) is 29.3 Å². The second-order valence-corrected chi connectivity index (χ2v) is 7.40. The van der Waals surface area contributed by atoms with E-state index in [9.17, 15) is 0 Å². The summed E-state index contributed by atoms with van der Waals surface area (Å²) in [6.07, 6.45) is 8.21. The summed E-state index contributed by atoms with van der Waals surface area (Å²) < 4.78 is 0. The van der Waals surface area contributed by atoms with Crippen molar-refractivity contribution in [1.82, 2.24) is 4.90 Å². The Morgan fingerprint density at radius 3 is 2.48 bits per heavy atom. The molecule has 2 N–H and O–H groups in total. The first-order chi connectivity index (χ1) is 10.2. The molecule has 2 nitrogen and oxygen atoms in total. The largest absolute Gasteiger partial charge is 0.327 e. The van der Waals surface area contributed by atoms with Crippen LogP contribution >= 0.6 is 11.6 Å². The monoisotopic (exact) mass is 306 g/mol. The molecule has 1 saturated heterocycles. The van der Waals surface area contributed by atoms with Gasteiger partial charge < -0.3 is 10.6 Å². The predicted octanol–water partition coefficient (Wildman–Crippen LogP) is 4.04. The van der Waals surface area contributed by atoms with Crippen LogP contribution in [0.15, 0.2) is 24.3 Å². The molecular weight excluding hydrogens is 280 g/mol. The Morgan fingerprint density at radius 2 is 1.76 bits per heavy atom. The molecule has 1 aliphatic carbocycles. The summed E-state index contributed by atoms with van der Waals surface area (Å²) in [5, 5.41) is 0.818. The van der Waals surface area contributed by atoms with Crippen LogP contribution in [0.1, 0.15) is 50.0 Å². The number of rotatable bonds is 3. The first-order valence-electron chi connectivity index (χ1n) is 8.44. The average molecular weight is 307 g/mol. The van der Waals surface area contributed by atoms with Crippen molar-refractivity contribution in [2.75, 3.05) is 19.6 Å². The SMILES string of the molecule is NC1CC(c2ccc(Cl)cc2)CN(CC2CCCCC2)C1. The molecule has 2 atom stereocenters. The van der Waals surface area contributed by atoms with Gasteiger partial charge in [0.15, 0.2) is 0 Å². The van der Waals surface area contributed by atoms with E-state index in [0.29, 0.717) is 12.0 Å². The molecule has 1 saturated carbocycles. The van der Waals surface area contributed by atoms with Crippen molar-refractivity contribution in [2.45, 2.75) is 50.5 Å². The highest BCUT2D eigenvalue weighted by Crippen LogP contribution is 2.30. The van der Waals surface area contributed by atoms with Crippen molar-refractivity contribution in [3.63, 3.8) is 0 Å². The van der Waals surface area contributed by atoms with Gasteiger partial charge in [0.25, 0.3) is 0 Å². The Kier molecular flexibility index (Phi) is 5.20.